The Kier molecular flexibility index (Phi) is 5.78. The van der Waals surface area contributed by atoms with Gasteiger partial charge in [-0.2, -0.15) is 0 Å². The number of benzene rings is 1. The van der Waals surface area contributed by atoms with Crippen molar-refractivity contribution in [1.29, 1.82) is 0 Å². The minimum Gasteiger partial charge on any atom is -0.379 e. The maximum absolute atomic E-state index is 13.0. The molecule has 0 bridgehead atoms. The summed E-state index contributed by atoms with van der Waals surface area (Å²) in [6.45, 7) is 4.65. The number of alkyl halides is 1. The fraction of sp³-hybridized carbons (Fsp3) is 0.538. The van der Waals surface area contributed by atoms with Crippen LogP contribution in [-0.2, 0) is 4.74 Å². The van der Waals surface area contributed by atoms with Crippen LogP contribution in [0.1, 0.15) is 31.7 Å². The summed E-state index contributed by atoms with van der Waals surface area (Å²) in [7, 11) is 0. The molecule has 0 heterocycles. The zero-order chi connectivity index (χ0) is 12.0. The molecule has 1 nitrogen and oxygen atoms in total. The van der Waals surface area contributed by atoms with Crippen LogP contribution in [0.15, 0.2) is 24.3 Å². The fourth-order valence-corrected chi connectivity index (χ4v) is 1.87. The first-order valence-electron chi connectivity index (χ1n) is 5.56. The molecule has 0 fully saturated rings. The van der Waals surface area contributed by atoms with Crippen LogP contribution in [0.25, 0.3) is 0 Å². The van der Waals surface area contributed by atoms with Gasteiger partial charge in [-0.25, -0.2) is 4.39 Å². The van der Waals surface area contributed by atoms with Crippen LogP contribution in [0.5, 0.6) is 0 Å². The summed E-state index contributed by atoms with van der Waals surface area (Å²) < 4.78 is 18.5. The third-order valence-electron chi connectivity index (χ3n) is 2.42. The highest BCUT2D eigenvalue weighted by Crippen LogP contribution is 2.22. The topological polar surface area (TPSA) is 9.23 Å². The number of rotatable bonds is 6. The molecule has 3 heteroatoms. The Labute approximate surface area is 102 Å². The van der Waals surface area contributed by atoms with Gasteiger partial charge in [0.25, 0.3) is 0 Å². The van der Waals surface area contributed by atoms with Crippen molar-refractivity contribution in [3.63, 3.8) is 0 Å². The standard InChI is InChI=1S/C13H18ClFO/c1-10(2)16-7-6-12(9-14)11-4-3-5-13(15)8-11/h3-5,8,10,12H,6-7,9H2,1-2H3. The van der Waals surface area contributed by atoms with Crippen LogP contribution in [0, 0.1) is 5.82 Å². The molecular weight excluding hydrogens is 227 g/mol. The molecule has 0 spiro atoms. The Morgan fingerprint density at radius 1 is 1.38 bits per heavy atom. The molecule has 90 valence electrons. The molecule has 1 unspecified atom stereocenters. The second-order valence-corrected chi connectivity index (χ2v) is 4.42. The van der Waals surface area contributed by atoms with E-state index in [0.717, 1.165) is 12.0 Å². The Hall–Kier alpha value is -0.600. The second-order valence-electron chi connectivity index (χ2n) is 4.11. The number of ether oxygens (including phenoxy) is 1. The minimum atomic E-state index is -0.211. The second kappa shape index (κ2) is 6.87. The van der Waals surface area contributed by atoms with Crippen molar-refractivity contribution in [1.82, 2.24) is 0 Å². The Morgan fingerprint density at radius 3 is 2.69 bits per heavy atom. The molecule has 0 amide bonds. The van der Waals surface area contributed by atoms with Gasteiger partial charge >= 0.3 is 0 Å². The predicted octanol–water partition coefficient (Wildman–Crippen LogP) is 3.96. The van der Waals surface area contributed by atoms with Crippen LogP contribution in [0.3, 0.4) is 0 Å². The summed E-state index contributed by atoms with van der Waals surface area (Å²) >= 11 is 5.89. The minimum absolute atomic E-state index is 0.163. The maximum atomic E-state index is 13.0. The van der Waals surface area contributed by atoms with Crippen molar-refractivity contribution < 1.29 is 9.13 Å². The summed E-state index contributed by atoms with van der Waals surface area (Å²) in [6, 6.07) is 6.61. The van der Waals surface area contributed by atoms with Crippen LogP contribution >= 0.6 is 11.6 Å². The largest absolute Gasteiger partial charge is 0.379 e. The third-order valence-corrected chi connectivity index (χ3v) is 2.80. The summed E-state index contributed by atoms with van der Waals surface area (Å²) in [4.78, 5) is 0. The zero-order valence-corrected chi connectivity index (χ0v) is 10.5. The molecule has 16 heavy (non-hydrogen) atoms. The van der Waals surface area contributed by atoms with Gasteiger partial charge in [-0.05, 0) is 43.9 Å². The highest BCUT2D eigenvalue weighted by Gasteiger charge is 2.11. The van der Waals surface area contributed by atoms with Crippen molar-refractivity contribution in [2.75, 3.05) is 12.5 Å². The van der Waals surface area contributed by atoms with Gasteiger partial charge in [0.05, 0.1) is 6.10 Å². The monoisotopic (exact) mass is 244 g/mol. The number of hydrogen-bond acceptors (Lipinski definition) is 1. The molecule has 0 radical (unpaired) electrons. The van der Waals surface area contributed by atoms with Gasteiger partial charge in [0.1, 0.15) is 5.82 Å². The molecule has 1 aromatic rings. The van der Waals surface area contributed by atoms with E-state index in [4.69, 9.17) is 16.3 Å². The van der Waals surface area contributed by atoms with Gasteiger partial charge in [-0.3, -0.25) is 0 Å². The van der Waals surface area contributed by atoms with E-state index >= 15 is 0 Å². The first-order chi connectivity index (χ1) is 7.63. The SMILES string of the molecule is CC(C)OCCC(CCl)c1cccc(F)c1. The van der Waals surface area contributed by atoms with Gasteiger partial charge in [0.2, 0.25) is 0 Å². The first kappa shape index (κ1) is 13.5. The van der Waals surface area contributed by atoms with E-state index in [9.17, 15) is 4.39 Å². The van der Waals surface area contributed by atoms with Gasteiger partial charge < -0.3 is 4.74 Å². The van der Waals surface area contributed by atoms with Crippen molar-refractivity contribution in [2.45, 2.75) is 32.3 Å². The molecule has 0 aliphatic carbocycles. The molecular formula is C13H18ClFO. The van der Waals surface area contributed by atoms with E-state index in [1.54, 1.807) is 12.1 Å². The van der Waals surface area contributed by atoms with E-state index in [0.29, 0.717) is 12.5 Å². The third kappa shape index (κ3) is 4.50. The molecule has 0 saturated heterocycles. The van der Waals surface area contributed by atoms with Crippen molar-refractivity contribution in [3.8, 4) is 0 Å². The lowest BCUT2D eigenvalue weighted by Crippen LogP contribution is -2.09. The fourth-order valence-electron chi connectivity index (χ4n) is 1.54. The van der Waals surface area contributed by atoms with Gasteiger partial charge in [-0.1, -0.05) is 12.1 Å². The van der Waals surface area contributed by atoms with Crippen LogP contribution < -0.4 is 0 Å². The smallest absolute Gasteiger partial charge is 0.123 e. The molecule has 0 aromatic heterocycles. The molecule has 0 aliphatic heterocycles. The molecule has 1 atom stereocenters. The Bertz CT molecular complexity index is 315. The molecule has 0 N–H and O–H groups in total. The van der Waals surface area contributed by atoms with Crippen LogP contribution in [0.2, 0.25) is 0 Å². The Balaban J connectivity index is 2.53. The van der Waals surface area contributed by atoms with Crippen molar-refractivity contribution >= 4 is 11.6 Å². The summed E-state index contributed by atoms with van der Waals surface area (Å²) in [5.74, 6) is 0.443. The first-order valence-corrected chi connectivity index (χ1v) is 6.10. The zero-order valence-electron chi connectivity index (χ0n) is 9.75. The average Bonchev–Trinajstić information content (AvgIpc) is 2.24. The number of halogens is 2. The summed E-state index contributed by atoms with van der Waals surface area (Å²) in [5.41, 5.74) is 0.947. The van der Waals surface area contributed by atoms with Crippen molar-refractivity contribution in [3.05, 3.63) is 35.6 Å². The summed E-state index contributed by atoms with van der Waals surface area (Å²) in [6.07, 6.45) is 1.05. The van der Waals surface area contributed by atoms with Crippen molar-refractivity contribution in [2.24, 2.45) is 0 Å². The maximum Gasteiger partial charge on any atom is 0.123 e. The van der Waals surface area contributed by atoms with Crippen LogP contribution in [-0.4, -0.2) is 18.6 Å². The molecule has 0 saturated carbocycles. The predicted molar refractivity (Wildman–Crippen MR) is 65.6 cm³/mol. The normalized spacial score (nSPS) is 13.1. The highest BCUT2D eigenvalue weighted by atomic mass is 35.5. The Morgan fingerprint density at radius 2 is 2.12 bits per heavy atom. The summed E-state index contributed by atoms with van der Waals surface area (Å²) in [5, 5.41) is 0. The van der Waals surface area contributed by atoms with E-state index in [-0.39, 0.29) is 17.8 Å². The van der Waals surface area contributed by atoms with E-state index in [2.05, 4.69) is 0 Å². The molecule has 1 rings (SSSR count). The lowest BCUT2D eigenvalue weighted by atomic mass is 9.98. The van der Waals surface area contributed by atoms with Gasteiger partial charge in [0.15, 0.2) is 0 Å². The van der Waals surface area contributed by atoms with Gasteiger partial charge in [-0.15, -0.1) is 11.6 Å². The quantitative estimate of drug-likeness (QED) is 0.689. The molecule has 0 aliphatic rings. The van der Waals surface area contributed by atoms with Gasteiger partial charge in [0, 0.05) is 12.5 Å². The molecule has 1 aromatic carbocycles. The van der Waals surface area contributed by atoms with E-state index in [1.165, 1.54) is 6.07 Å². The lowest BCUT2D eigenvalue weighted by Gasteiger charge is -2.15. The van der Waals surface area contributed by atoms with E-state index < -0.39 is 0 Å². The average molecular weight is 245 g/mol. The van der Waals surface area contributed by atoms with E-state index in [1.807, 2.05) is 19.9 Å². The van der Waals surface area contributed by atoms with Crippen LogP contribution in [0.4, 0.5) is 4.39 Å². The number of hydrogen-bond donors (Lipinski definition) is 0. The lowest BCUT2D eigenvalue weighted by molar-refractivity contribution is 0.0743. The highest BCUT2D eigenvalue weighted by molar-refractivity contribution is 6.18.